The second-order valence-corrected chi connectivity index (χ2v) is 5.89. The van der Waals surface area contributed by atoms with Gasteiger partial charge in [-0.05, 0) is 30.9 Å². The molecule has 1 aliphatic rings. The van der Waals surface area contributed by atoms with E-state index in [1.54, 1.807) is 12.1 Å². The maximum absolute atomic E-state index is 11.8. The molecule has 1 N–H and O–H groups in total. The predicted molar refractivity (Wildman–Crippen MR) is 88.6 cm³/mol. The van der Waals surface area contributed by atoms with Crippen molar-refractivity contribution in [1.29, 1.82) is 0 Å². The standard InChI is InChI=1S/C17H22N2O4/c1-3-10-23-17(20)13-8-9-15(16(11-13)19(21)22)18-14-7-5-4-6-12(14)2/h3,8-9,11-12,14,18H,1,4-7,10H2,2H3/t12-,14-/m1/s1. The van der Waals surface area contributed by atoms with Gasteiger partial charge in [-0.15, -0.1) is 0 Å². The monoisotopic (exact) mass is 318 g/mol. The number of ether oxygens (including phenoxy) is 1. The summed E-state index contributed by atoms with van der Waals surface area (Å²) in [4.78, 5) is 22.7. The zero-order valence-electron chi connectivity index (χ0n) is 13.3. The number of nitrogens with one attached hydrogen (secondary N) is 1. The molecule has 6 heteroatoms. The number of nitro groups is 1. The molecule has 0 saturated heterocycles. The number of esters is 1. The molecule has 0 radical (unpaired) electrons. The van der Waals surface area contributed by atoms with Gasteiger partial charge in [0.25, 0.3) is 5.69 Å². The topological polar surface area (TPSA) is 81.5 Å². The number of hydrogen-bond donors (Lipinski definition) is 1. The van der Waals surface area contributed by atoms with Crippen molar-refractivity contribution in [3.63, 3.8) is 0 Å². The van der Waals surface area contributed by atoms with Crippen molar-refractivity contribution in [2.45, 2.75) is 38.6 Å². The summed E-state index contributed by atoms with van der Waals surface area (Å²) in [5.74, 6) is -0.119. The Morgan fingerprint density at radius 3 is 2.87 bits per heavy atom. The van der Waals surface area contributed by atoms with Crippen LogP contribution in [0.25, 0.3) is 0 Å². The Morgan fingerprint density at radius 2 is 2.22 bits per heavy atom. The molecule has 0 aromatic heterocycles. The highest BCUT2D eigenvalue weighted by Gasteiger charge is 2.25. The van der Waals surface area contributed by atoms with Crippen LogP contribution in [0.15, 0.2) is 30.9 Å². The third kappa shape index (κ3) is 4.31. The fourth-order valence-corrected chi connectivity index (χ4v) is 2.88. The molecule has 2 rings (SSSR count). The van der Waals surface area contributed by atoms with Gasteiger partial charge in [0.1, 0.15) is 12.3 Å². The van der Waals surface area contributed by atoms with E-state index in [0.29, 0.717) is 11.6 Å². The van der Waals surface area contributed by atoms with E-state index in [0.717, 1.165) is 19.3 Å². The number of rotatable bonds is 6. The van der Waals surface area contributed by atoms with Crippen LogP contribution in [0, 0.1) is 16.0 Å². The Hall–Kier alpha value is -2.37. The molecular formula is C17H22N2O4. The van der Waals surface area contributed by atoms with Gasteiger partial charge in [0, 0.05) is 12.1 Å². The van der Waals surface area contributed by atoms with Crippen molar-refractivity contribution in [3.8, 4) is 0 Å². The van der Waals surface area contributed by atoms with Crippen LogP contribution in [-0.2, 0) is 4.74 Å². The van der Waals surface area contributed by atoms with Gasteiger partial charge in [-0.1, -0.05) is 32.4 Å². The average molecular weight is 318 g/mol. The van der Waals surface area contributed by atoms with Gasteiger partial charge < -0.3 is 10.1 Å². The quantitative estimate of drug-likeness (QED) is 0.372. The third-order valence-electron chi connectivity index (χ3n) is 4.21. The van der Waals surface area contributed by atoms with E-state index in [-0.39, 0.29) is 23.9 Å². The zero-order valence-corrected chi connectivity index (χ0v) is 13.3. The Kier molecular flexibility index (Phi) is 5.73. The second kappa shape index (κ2) is 7.76. The second-order valence-electron chi connectivity index (χ2n) is 5.89. The first-order chi connectivity index (χ1) is 11.0. The van der Waals surface area contributed by atoms with Crippen LogP contribution in [0.2, 0.25) is 0 Å². The highest BCUT2D eigenvalue weighted by Crippen LogP contribution is 2.31. The molecule has 1 aromatic rings. The minimum absolute atomic E-state index is 0.0756. The van der Waals surface area contributed by atoms with Crippen LogP contribution in [0.1, 0.15) is 43.0 Å². The molecule has 1 saturated carbocycles. The maximum atomic E-state index is 11.8. The Morgan fingerprint density at radius 1 is 1.48 bits per heavy atom. The van der Waals surface area contributed by atoms with Crippen molar-refractivity contribution in [3.05, 3.63) is 46.5 Å². The Balaban J connectivity index is 2.20. The number of benzene rings is 1. The number of carbonyl (C=O) groups excluding carboxylic acids is 1. The fourth-order valence-electron chi connectivity index (χ4n) is 2.88. The molecule has 1 aliphatic carbocycles. The van der Waals surface area contributed by atoms with Crippen molar-refractivity contribution in [2.24, 2.45) is 5.92 Å². The normalized spacial score (nSPS) is 20.6. The van der Waals surface area contributed by atoms with Crippen LogP contribution in [-0.4, -0.2) is 23.5 Å². The fraction of sp³-hybridized carbons (Fsp3) is 0.471. The van der Waals surface area contributed by atoms with Crippen LogP contribution < -0.4 is 5.32 Å². The summed E-state index contributed by atoms with van der Waals surface area (Å²) >= 11 is 0. The van der Waals surface area contributed by atoms with Crippen LogP contribution in [0.4, 0.5) is 11.4 Å². The summed E-state index contributed by atoms with van der Waals surface area (Å²) in [6.45, 7) is 5.69. The number of nitrogens with zero attached hydrogens (tertiary/aromatic N) is 1. The molecule has 0 unspecified atom stereocenters. The lowest BCUT2D eigenvalue weighted by atomic mass is 9.86. The number of nitro benzene ring substituents is 1. The number of carbonyl (C=O) groups is 1. The minimum atomic E-state index is -0.592. The molecule has 2 atom stereocenters. The van der Waals surface area contributed by atoms with Crippen molar-refractivity contribution >= 4 is 17.3 Å². The first-order valence-electron chi connectivity index (χ1n) is 7.86. The maximum Gasteiger partial charge on any atom is 0.338 e. The van der Waals surface area contributed by atoms with Crippen LogP contribution >= 0.6 is 0 Å². The van der Waals surface area contributed by atoms with Gasteiger partial charge >= 0.3 is 5.97 Å². The summed E-state index contributed by atoms with van der Waals surface area (Å²) in [5.41, 5.74) is 0.519. The Bertz CT molecular complexity index is 600. The molecule has 0 bridgehead atoms. The first kappa shape index (κ1) is 17.0. The number of hydrogen-bond acceptors (Lipinski definition) is 5. The zero-order chi connectivity index (χ0) is 16.8. The third-order valence-corrected chi connectivity index (χ3v) is 4.21. The molecule has 1 fully saturated rings. The molecular weight excluding hydrogens is 296 g/mol. The SMILES string of the molecule is C=CCOC(=O)c1ccc(N[C@@H]2CCCC[C@H]2C)c([N+](=O)[O-])c1. The smallest absolute Gasteiger partial charge is 0.338 e. The largest absolute Gasteiger partial charge is 0.458 e. The van der Waals surface area contributed by atoms with Gasteiger partial charge in [-0.2, -0.15) is 0 Å². The van der Waals surface area contributed by atoms with Gasteiger partial charge in [-0.3, -0.25) is 10.1 Å². The van der Waals surface area contributed by atoms with E-state index in [9.17, 15) is 14.9 Å². The highest BCUT2D eigenvalue weighted by atomic mass is 16.6. The Labute approximate surface area is 135 Å². The summed E-state index contributed by atoms with van der Waals surface area (Å²) in [6, 6.07) is 4.63. The summed E-state index contributed by atoms with van der Waals surface area (Å²) in [7, 11) is 0. The molecule has 0 aliphatic heterocycles. The summed E-state index contributed by atoms with van der Waals surface area (Å²) < 4.78 is 4.92. The number of anilines is 1. The molecule has 0 amide bonds. The highest BCUT2D eigenvalue weighted by molar-refractivity contribution is 5.91. The lowest BCUT2D eigenvalue weighted by molar-refractivity contribution is -0.384. The van der Waals surface area contributed by atoms with E-state index in [1.165, 1.54) is 18.6 Å². The van der Waals surface area contributed by atoms with Gasteiger partial charge in [-0.25, -0.2) is 4.79 Å². The van der Waals surface area contributed by atoms with E-state index < -0.39 is 10.9 Å². The van der Waals surface area contributed by atoms with Crippen LogP contribution in [0.5, 0.6) is 0 Å². The van der Waals surface area contributed by atoms with E-state index in [1.807, 2.05) is 0 Å². The van der Waals surface area contributed by atoms with Gasteiger partial charge in [0.05, 0.1) is 10.5 Å². The summed E-state index contributed by atoms with van der Waals surface area (Å²) in [5, 5.41) is 14.6. The van der Waals surface area contributed by atoms with Crippen molar-refractivity contribution in [2.75, 3.05) is 11.9 Å². The average Bonchev–Trinajstić information content (AvgIpc) is 2.54. The van der Waals surface area contributed by atoms with Crippen molar-refractivity contribution in [1.82, 2.24) is 0 Å². The van der Waals surface area contributed by atoms with Gasteiger partial charge in [0.15, 0.2) is 0 Å². The predicted octanol–water partition coefficient (Wildman–Crippen LogP) is 3.93. The van der Waals surface area contributed by atoms with E-state index in [2.05, 4.69) is 18.8 Å². The molecule has 0 heterocycles. The van der Waals surface area contributed by atoms with Gasteiger partial charge in [0.2, 0.25) is 0 Å². The molecule has 124 valence electrons. The van der Waals surface area contributed by atoms with E-state index in [4.69, 9.17) is 4.74 Å². The molecule has 1 aromatic carbocycles. The lowest BCUT2D eigenvalue weighted by Gasteiger charge is -2.30. The molecule has 0 spiro atoms. The van der Waals surface area contributed by atoms with E-state index >= 15 is 0 Å². The first-order valence-corrected chi connectivity index (χ1v) is 7.86. The van der Waals surface area contributed by atoms with Crippen LogP contribution in [0.3, 0.4) is 0 Å². The lowest BCUT2D eigenvalue weighted by Crippen LogP contribution is -2.30. The summed E-state index contributed by atoms with van der Waals surface area (Å²) in [6.07, 6.45) is 5.91. The molecule has 23 heavy (non-hydrogen) atoms. The van der Waals surface area contributed by atoms with Crippen molar-refractivity contribution < 1.29 is 14.5 Å². The minimum Gasteiger partial charge on any atom is -0.458 e. The molecule has 6 nitrogen and oxygen atoms in total.